The first-order valence-electron chi connectivity index (χ1n) is 11.0. The lowest BCUT2D eigenvalue weighted by Crippen LogP contribution is -2.49. The van der Waals surface area contributed by atoms with Gasteiger partial charge in [0.15, 0.2) is 0 Å². The third-order valence-corrected chi connectivity index (χ3v) is 6.42. The summed E-state index contributed by atoms with van der Waals surface area (Å²) in [6, 6.07) is 6.16. The summed E-state index contributed by atoms with van der Waals surface area (Å²) in [6.07, 6.45) is 6.90. The van der Waals surface area contributed by atoms with Gasteiger partial charge >= 0.3 is 0 Å². The Morgan fingerprint density at radius 3 is 2.68 bits per heavy atom. The lowest BCUT2D eigenvalue weighted by atomic mass is 9.75. The number of carbonyl (C=O) groups excluding carboxylic acids is 1. The van der Waals surface area contributed by atoms with E-state index in [0.717, 1.165) is 76.2 Å². The third-order valence-electron chi connectivity index (χ3n) is 6.42. The second-order valence-corrected chi connectivity index (χ2v) is 8.12. The topological polar surface area (TPSA) is 50.8 Å². The van der Waals surface area contributed by atoms with Crippen LogP contribution in [0.1, 0.15) is 70.3 Å². The van der Waals surface area contributed by atoms with Crippen LogP contribution in [0.4, 0.5) is 0 Å². The normalized spacial score (nSPS) is 20.3. The predicted octanol–water partition coefficient (Wildman–Crippen LogP) is 4.11. The highest BCUT2D eigenvalue weighted by atomic mass is 16.5. The van der Waals surface area contributed by atoms with Crippen LogP contribution in [-0.4, -0.2) is 49.7 Å². The molecule has 1 spiro atoms. The van der Waals surface area contributed by atoms with E-state index in [1.54, 1.807) is 7.11 Å². The lowest BCUT2D eigenvalue weighted by molar-refractivity contribution is -0.130. The Bertz CT molecular complexity index is 651. The highest BCUT2D eigenvalue weighted by molar-refractivity contribution is 5.76. The van der Waals surface area contributed by atoms with E-state index in [-0.39, 0.29) is 11.5 Å². The monoisotopic (exact) mass is 388 g/mol. The lowest BCUT2D eigenvalue weighted by Gasteiger charge is -2.45. The summed E-state index contributed by atoms with van der Waals surface area (Å²) in [4.78, 5) is 14.2. The van der Waals surface area contributed by atoms with Gasteiger partial charge in [-0.1, -0.05) is 12.5 Å². The van der Waals surface area contributed by atoms with E-state index in [1.165, 1.54) is 5.56 Å². The molecule has 1 aromatic carbocycles. The number of piperidine rings is 1. The molecule has 156 valence electrons. The van der Waals surface area contributed by atoms with Crippen molar-refractivity contribution in [1.82, 2.24) is 10.2 Å². The van der Waals surface area contributed by atoms with E-state index in [4.69, 9.17) is 9.47 Å². The zero-order chi connectivity index (χ0) is 20.0. The standard InChI is InChI=1S/C23H36N2O3/c1-4-25(5-2)21(26)12-7-6-9-18-17-23(13-15-24-16-14-23)28-20-11-8-10-19(27-3)22(18)20/h8,10-11,18,24H,4-7,9,12-17H2,1-3H3. The quantitative estimate of drug-likeness (QED) is 0.681. The number of hydrogen-bond donors (Lipinski definition) is 1. The van der Waals surface area contributed by atoms with Gasteiger partial charge in [-0.25, -0.2) is 0 Å². The number of nitrogens with zero attached hydrogens (tertiary/aromatic N) is 1. The van der Waals surface area contributed by atoms with Gasteiger partial charge in [0.05, 0.1) is 7.11 Å². The van der Waals surface area contributed by atoms with Crippen molar-refractivity contribution >= 4 is 5.91 Å². The zero-order valence-corrected chi connectivity index (χ0v) is 17.8. The Balaban J connectivity index is 1.67. The summed E-state index contributed by atoms with van der Waals surface area (Å²) >= 11 is 0. The van der Waals surface area contributed by atoms with Gasteiger partial charge in [-0.3, -0.25) is 4.79 Å². The van der Waals surface area contributed by atoms with Crippen molar-refractivity contribution in [3.63, 3.8) is 0 Å². The maximum absolute atomic E-state index is 12.3. The van der Waals surface area contributed by atoms with Crippen molar-refractivity contribution in [3.05, 3.63) is 23.8 Å². The highest BCUT2D eigenvalue weighted by Crippen LogP contribution is 2.49. The van der Waals surface area contributed by atoms with E-state index < -0.39 is 0 Å². The van der Waals surface area contributed by atoms with Gasteiger partial charge in [0.1, 0.15) is 17.1 Å². The van der Waals surface area contributed by atoms with Crippen molar-refractivity contribution in [2.24, 2.45) is 0 Å². The Morgan fingerprint density at radius 2 is 2.00 bits per heavy atom. The number of amides is 1. The molecule has 1 N–H and O–H groups in total. The third kappa shape index (κ3) is 4.62. The van der Waals surface area contributed by atoms with Crippen LogP contribution in [0.2, 0.25) is 0 Å². The molecule has 1 amide bonds. The molecule has 0 aliphatic carbocycles. The summed E-state index contributed by atoms with van der Waals surface area (Å²) in [5.74, 6) is 2.65. The number of hydrogen-bond acceptors (Lipinski definition) is 4. The van der Waals surface area contributed by atoms with Gasteiger partial charge in [-0.2, -0.15) is 0 Å². The van der Waals surface area contributed by atoms with Crippen LogP contribution in [0.3, 0.4) is 0 Å². The van der Waals surface area contributed by atoms with Crippen molar-refractivity contribution < 1.29 is 14.3 Å². The second kappa shape index (κ2) is 9.64. The van der Waals surface area contributed by atoms with Gasteiger partial charge in [-0.15, -0.1) is 0 Å². The van der Waals surface area contributed by atoms with Crippen LogP contribution >= 0.6 is 0 Å². The number of rotatable bonds is 8. The summed E-state index contributed by atoms with van der Waals surface area (Å²) in [5, 5.41) is 3.46. The molecule has 2 aliphatic rings. The number of nitrogens with one attached hydrogen (secondary N) is 1. The van der Waals surface area contributed by atoms with Crippen molar-refractivity contribution in [3.8, 4) is 11.5 Å². The first-order valence-corrected chi connectivity index (χ1v) is 11.0. The van der Waals surface area contributed by atoms with Crippen LogP contribution < -0.4 is 14.8 Å². The minimum atomic E-state index is -0.0493. The molecule has 1 unspecified atom stereocenters. The maximum Gasteiger partial charge on any atom is 0.222 e. The average molecular weight is 389 g/mol. The number of fused-ring (bicyclic) bond motifs is 1. The number of carbonyl (C=O) groups is 1. The molecule has 5 heteroatoms. The van der Waals surface area contributed by atoms with Crippen molar-refractivity contribution in [2.75, 3.05) is 33.3 Å². The number of ether oxygens (including phenoxy) is 2. The molecule has 1 atom stereocenters. The second-order valence-electron chi connectivity index (χ2n) is 8.12. The Labute approximate surface area is 169 Å². The van der Waals surface area contributed by atoms with E-state index in [2.05, 4.69) is 11.4 Å². The molecule has 2 heterocycles. The summed E-state index contributed by atoms with van der Waals surface area (Å²) in [5.41, 5.74) is 1.18. The molecule has 1 fully saturated rings. The van der Waals surface area contributed by atoms with Gasteiger partial charge in [0, 0.05) is 25.1 Å². The number of unbranched alkanes of at least 4 members (excludes halogenated alkanes) is 1. The van der Waals surface area contributed by atoms with Crippen LogP contribution in [0, 0.1) is 0 Å². The molecular weight excluding hydrogens is 352 g/mol. The van der Waals surface area contributed by atoms with Crippen LogP contribution in [0.15, 0.2) is 18.2 Å². The van der Waals surface area contributed by atoms with Crippen LogP contribution in [0.5, 0.6) is 11.5 Å². The summed E-state index contributed by atoms with van der Waals surface area (Å²) < 4.78 is 12.2. The molecule has 0 bridgehead atoms. The highest BCUT2D eigenvalue weighted by Gasteiger charge is 2.42. The first-order chi connectivity index (χ1) is 13.6. The molecule has 1 saturated heterocycles. The fourth-order valence-corrected chi connectivity index (χ4v) is 4.86. The predicted molar refractivity (Wildman–Crippen MR) is 112 cm³/mol. The summed E-state index contributed by atoms with van der Waals surface area (Å²) in [7, 11) is 1.74. The molecule has 0 aromatic heterocycles. The SMILES string of the molecule is CCN(CC)C(=O)CCCCC1CC2(CCNCC2)Oc2cccc(OC)c21. The average Bonchev–Trinajstić information content (AvgIpc) is 2.72. The fraction of sp³-hybridized carbons (Fsp3) is 0.696. The molecule has 3 rings (SSSR count). The van der Waals surface area contributed by atoms with Gasteiger partial charge in [0.2, 0.25) is 5.91 Å². The molecule has 5 nitrogen and oxygen atoms in total. The van der Waals surface area contributed by atoms with E-state index >= 15 is 0 Å². The van der Waals surface area contributed by atoms with E-state index in [1.807, 2.05) is 30.9 Å². The Morgan fingerprint density at radius 1 is 1.25 bits per heavy atom. The minimum Gasteiger partial charge on any atom is -0.496 e. The summed E-state index contributed by atoms with van der Waals surface area (Å²) in [6.45, 7) is 7.73. The van der Waals surface area contributed by atoms with E-state index in [9.17, 15) is 4.79 Å². The van der Waals surface area contributed by atoms with Gasteiger partial charge in [-0.05, 0) is 77.1 Å². The molecular formula is C23H36N2O3. The number of methoxy groups -OCH3 is 1. The van der Waals surface area contributed by atoms with Crippen LogP contribution in [0.25, 0.3) is 0 Å². The molecule has 0 radical (unpaired) electrons. The maximum atomic E-state index is 12.3. The molecule has 28 heavy (non-hydrogen) atoms. The number of benzene rings is 1. The smallest absolute Gasteiger partial charge is 0.222 e. The largest absolute Gasteiger partial charge is 0.496 e. The Kier molecular flexibility index (Phi) is 7.22. The van der Waals surface area contributed by atoms with E-state index in [0.29, 0.717) is 12.3 Å². The minimum absolute atomic E-state index is 0.0493. The zero-order valence-electron chi connectivity index (χ0n) is 17.8. The Hall–Kier alpha value is -1.75. The van der Waals surface area contributed by atoms with Crippen molar-refractivity contribution in [1.29, 1.82) is 0 Å². The van der Waals surface area contributed by atoms with Crippen molar-refractivity contribution in [2.45, 2.75) is 70.3 Å². The molecule has 2 aliphatic heterocycles. The first kappa shape index (κ1) is 21.0. The van der Waals surface area contributed by atoms with Gasteiger partial charge < -0.3 is 19.7 Å². The van der Waals surface area contributed by atoms with Gasteiger partial charge in [0.25, 0.3) is 0 Å². The molecule has 0 saturated carbocycles. The van der Waals surface area contributed by atoms with Crippen LogP contribution in [-0.2, 0) is 4.79 Å². The fourth-order valence-electron chi connectivity index (χ4n) is 4.86. The molecule has 1 aromatic rings.